The summed E-state index contributed by atoms with van der Waals surface area (Å²) in [6.07, 6.45) is 2.23. The molecule has 1 aliphatic heterocycles. The topological polar surface area (TPSA) is 58.6 Å². The first kappa shape index (κ1) is 13.1. The van der Waals surface area contributed by atoms with Gasteiger partial charge in [-0.05, 0) is 18.9 Å². The third kappa shape index (κ3) is 3.57. The largest absolute Gasteiger partial charge is 0.384 e. The molecule has 2 heterocycles. The Morgan fingerprint density at radius 2 is 2.56 bits per heavy atom. The van der Waals surface area contributed by atoms with Crippen molar-refractivity contribution in [2.45, 2.75) is 18.9 Å². The number of hydrogen-bond donors (Lipinski definition) is 2. The minimum atomic E-state index is -0.168. The maximum atomic E-state index is 11.8. The second kappa shape index (κ2) is 6.55. The van der Waals surface area contributed by atoms with Gasteiger partial charge < -0.3 is 15.2 Å². The number of hydrogen-bond acceptors (Lipinski definition) is 4. The maximum Gasteiger partial charge on any atom is 0.252 e. The standard InChI is InChI=1S/C13H15NO3S/c15-5-1-4-12-7-10(9-18-12)13(16)14-8-11-3-2-6-17-11/h7,9,11,15H,2-3,5-6,8H2,(H,14,16). The molecule has 1 unspecified atom stereocenters. The first-order chi connectivity index (χ1) is 8.79. The summed E-state index contributed by atoms with van der Waals surface area (Å²) in [5.74, 6) is 5.24. The van der Waals surface area contributed by atoms with Gasteiger partial charge in [-0.1, -0.05) is 11.8 Å². The van der Waals surface area contributed by atoms with Crippen LogP contribution >= 0.6 is 11.3 Å². The molecular formula is C13H15NO3S. The quantitative estimate of drug-likeness (QED) is 0.802. The molecule has 2 rings (SSSR count). The Morgan fingerprint density at radius 1 is 1.67 bits per heavy atom. The lowest BCUT2D eigenvalue weighted by molar-refractivity contribution is 0.0858. The van der Waals surface area contributed by atoms with Crippen molar-refractivity contribution >= 4 is 17.2 Å². The van der Waals surface area contributed by atoms with Crippen molar-refractivity contribution in [2.24, 2.45) is 0 Å². The van der Waals surface area contributed by atoms with Crippen LogP contribution in [0.2, 0.25) is 0 Å². The number of amides is 1. The van der Waals surface area contributed by atoms with Crippen LogP contribution in [0.4, 0.5) is 0 Å². The maximum absolute atomic E-state index is 11.8. The molecule has 1 fully saturated rings. The fraction of sp³-hybridized carbons (Fsp3) is 0.462. The van der Waals surface area contributed by atoms with Crippen LogP contribution in [0.1, 0.15) is 28.1 Å². The normalized spacial score (nSPS) is 18.2. The SMILES string of the molecule is O=C(NCC1CCCO1)c1csc(C#CCO)c1. The highest BCUT2D eigenvalue weighted by Crippen LogP contribution is 2.14. The first-order valence-corrected chi connectivity index (χ1v) is 6.75. The molecule has 1 aromatic heterocycles. The van der Waals surface area contributed by atoms with Gasteiger partial charge in [0.25, 0.3) is 5.91 Å². The Morgan fingerprint density at radius 3 is 3.28 bits per heavy atom. The van der Waals surface area contributed by atoms with Crippen molar-refractivity contribution in [3.63, 3.8) is 0 Å². The third-order valence-electron chi connectivity index (χ3n) is 2.67. The predicted octanol–water partition coefficient (Wildman–Crippen LogP) is 1.00. The summed E-state index contributed by atoms with van der Waals surface area (Å²) in [7, 11) is 0. The van der Waals surface area contributed by atoms with E-state index in [-0.39, 0.29) is 18.6 Å². The average molecular weight is 265 g/mol. The number of rotatable bonds is 3. The smallest absolute Gasteiger partial charge is 0.252 e. The minimum Gasteiger partial charge on any atom is -0.384 e. The van der Waals surface area contributed by atoms with Gasteiger partial charge >= 0.3 is 0 Å². The number of aliphatic hydroxyl groups excluding tert-OH is 1. The predicted molar refractivity (Wildman–Crippen MR) is 69.6 cm³/mol. The Hall–Kier alpha value is -1.35. The summed E-state index contributed by atoms with van der Waals surface area (Å²) >= 11 is 1.40. The number of carbonyl (C=O) groups excluding carboxylic acids is 1. The van der Waals surface area contributed by atoms with Crippen LogP contribution in [0, 0.1) is 11.8 Å². The second-order valence-corrected chi connectivity index (χ2v) is 4.92. The van der Waals surface area contributed by atoms with E-state index in [4.69, 9.17) is 9.84 Å². The molecule has 2 N–H and O–H groups in total. The Bertz CT molecular complexity index is 466. The van der Waals surface area contributed by atoms with Crippen LogP contribution in [-0.4, -0.2) is 36.9 Å². The monoisotopic (exact) mass is 265 g/mol. The fourth-order valence-corrected chi connectivity index (χ4v) is 2.52. The number of ether oxygens (including phenoxy) is 1. The highest BCUT2D eigenvalue weighted by Gasteiger charge is 2.16. The molecule has 0 aliphatic carbocycles. The van der Waals surface area contributed by atoms with Crippen molar-refractivity contribution < 1.29 is 14.6 Å². The highest BCUT2D eigenvalue weighted by atomic mass is 32.1. The molecule has 1 aliphatic rings. The van der Waals surface area contributed by atoms with Crippen LogP contribution in [0.5, 0.6) is 0 Å². The van der Waals surface area contributed by atoms with Gasteiger partial charge in [-0.25, -0.2) is 0 Å². The van der Waals surface area contributed by atoms with E-state index in [1.54, 1.807) is 11.4 Å². The van der Waals surface area contributed by atoms with Crippen molar-refractivity contribution in [3.8, 4) is 11.8 Å². The van der Waals surface area contributed by atoms with Gasteiger partial charge in [-0.2, -0.15) is 0 Å². The molecule has 5 heteroatoms. The zero-order valence-electron chi connectivity index (χ0n) is 9.94. The Balaban J connectivity index is 1.86. The van der Waals surface area contributed by atoms with Gasteiger partial charge in [0.05, 0.1) is 16.5 Å². The van der Waals surface area contributed by atoms with Crippen LogP contribution in [0.25, 0.3) is 0 Å². The van der Waals surface area contributed by atoms with Gasteiger partial charge in [0.15, 0.2) is 0 Å². The number of aliphatic hydroxyl groups is 1. The third-order valence-corrected chi connectivity index (χ3v) is 3.51. The van der Waals surface area contributed by atoms with Crippen molar-refractivity contribution in [1.82, 2.24) is 5.32 Å². The molecule has 1 atom stereocenters. The molecule has 1 aromatic rings. The lowest BCUT2D eigenvalue weighted by Crippen LogP contribution is -2.31. The minimum absolute atomic E-state index is 0.0983. The van der Waals surface area contributed by atoms with E-state index < -0.39 is 0 Å². The van der Waals surface area contributed by atoms with Gasteiger partial charge in [0.1, 0.15) is 6.61 Å². The lowest BCUT2D eigenvalue weighted by Gasteiger charge is -2.09. The Labute approximate surface area is 110 Å². The van der Waals surface area contributed by atoms with Crippen molar-refractivity contribution in [2.75, 3.05) is 19.8 Å². The number of carbonyl (C=O) groups is 1. The highest BCUT2D eigenvalue weighted by molar-refractivity contribution is 7.10. The van der Waals surface area contributed by atoms with Crippen LogP contribution in [0.15, 0.2) is 11.4 Å². The first-order valence-electron chi connectivity index (χ1n) is 5.87. The molecule has 0 spiro atoms. The van der Waals surface area contributed by atoms with E-state index in [0.717, 1.165) is 24.3 Å². The van der Waals surface area contributed by atoms with Gasteiger partial charge in [0, 0.05) is 18.5 Å². The van der Waals surface area contributed by atoms with Crippen LogP contribution in [0.3, 0.4) is 0 Å². The number of thiophene rings is 1. The zero-order chi connectivity index (χ0) is 12.8. The zero-order valence-corrected chi connectivity index (χ0v) is 10.8. The van der Waals surface area contributed by atoms with Crippen molar-refractivity contribution in [3.05, 3.63) is 21.9 Å². The molecule has 18 heavy (non-hydrogen) atoms. The summed E-state index contributed by atoms with van der Waals surface area (Å²) in [6, 6.07) is 1.73. The summed E-state index contributed by atoms with van der Waals surface area (Å²) in [6.45, 7) is 1.19. The van der Waals surface area contributed by atoms with E-state index >= 15 is 0 Å². The summed E-state index contributed by atoms with van der Waals surface area (Å²) < 4.78 is 5.44. The lowest BCUT2D eigenvalue weighted by atomic mass is 10.2. The van der Waals surface area contributed by atoms with Crippen LogP contribution in [-0.2, 0) is 4.74 Å². The molecule has 4 nitrogen and oxygen atoms in total. The number of nitrogens with one attached hydrogen (secondary N) is 1. The van der Waals surface area contributed by atoms with E-state index in [9.17, 15) is 4.79 Å². The van der Waals surface area contributed by atoms with E-state index in [1.807, 2.05) is 0 Å². The molecule has 96 valence electrons. The van der Waals surface area contributed by atoms with Gasteiger partial charge in [-0.3, -0.25) is 4.79 Å². The van der Waals surface area contributed by atoms with Gasteiger partial charge in [-0.15, -0.1) is 11.3 Å². The molecule has 0 saturated carbocycles. The average Bonchev–Trinajstić information content (AvgIpc) is 3.04. The van der Waals surface area contributed by atoms with Crippen LogP contribution < -0.4 is 5.32 Å². The summed E-state index contributed by atoms with van der Waals surface area (Å²) in [4.78, 5) is 12.6. The molecule has 0 aromatic carbocycles. The second-order valence-electron chi connectivity index (χ2n) is 4.00. The molecular weight excluding hydrogens is 250 g/mol. The Kier molecular flexibility index (Phi) is 4.76. The fourth-order valence-electron chi connectivity index (χ4n) is 1.76. The van der Waals surface area contributed by atoms with Gasteiger partial charge in [0.2, 0.25) is 0 Å². The molecule has 0 radical (unpaired) electrons. The summed E-state index contributed by atoms with van der Waals surface area (Å²) in [5, 5.41) is 13.2. The molecule has 0 bridgehead atoms. The van der Waals surface area contributed by atoms with E-state index in [1.165, 1.54) is 11.3 Å². The van der Waals surface area contributed by atoms with E-state index in [0.29, 0.717) is 12.1 Å². The van der Waals surface area contributed by atoms with E-state index in [2.05, 4.69) is 17.2 Å². The summed E-state index contributed by atoms with van der Waals surface area (Å²) in [5.41, 5.74) is 0.611. The molecule has 1 amide bonds. The van der Waals surface area contributed by atoms with Crippen molar-refractivity contribution in [1.29, 1.82) is 0 Å². The molecule has 1 saturated heterocycles.